The minimum absolute atomic E-state index is 0.182. The standard InChI is InChI=1S/C18H20Cl2N2O4/c1-11(18(25)26)21-17(24)12-7-9-22(10-8-12)16(23)6-5-13-14(19)3-2-4-15(13)20/h2-6,11-12H,7-10H2,1H3,(H,21,24)(H,25,26). The van der Waals surface area contributed by atoms with E-state index in [1.54, 1.807) is 29.2 Å². The van der Waals surface area contributed by atoms with E-state index >= 15 is 0 Å². The van der Waals surface area contributed by atoms with E-state index in [1.807, 2.05) is 0 Å². The smallest absolute Gasteiger partial charge is 0.325 e. The van der Waals surface area contributed by atoms with Crippen LogP contribution in [-0.4, -0.2) is 46.9 Å². The second-order valence-corrected chi connectivity index (χ2v) is 6.95. The predicted molar refractivity (Wildman–Crippen MR) is 100 cm³/mol. The number of carbonyl (C=O) groups is 3. The average Bonchev–Trinajstić information content (AvgIpc) is 2.61. The molecule has 0 aromatic heterocycles. The fraction of sp³-hybridized carbons (Fsp3) is 0.389. The number of likely N-dealkylation sites (tertiary alicyclic amines) is 1. The van der Waals surface area contributed by atoms with Crippen LogP contribution in [0.3, 0.4) is 0 Å². The monoisotopic (exact) mass is 398 g/mol. The summed E-state index contributed by atoms with van der Waals surface area (Å²) >= 11 is 12.1. The van der Waals surface area contributed by atoms with Gasteiger partial charge < -0.3 is 15.3 Å². The molecule has 1 aromatic carbocycles. The molecule has 1 fully saturated rings. The Morgan fingerprint density at radius 3 is 2.35 bits per heavy atom. The number of piperidine rings is 1. The third kappa shape index (κ3) is 5.22. The molecule has 1 aromatic rings. The summed E-state index contributed by atoms with van der Waals surface area (Å²) in [6.07, 6.45) is 3.98. The highest BCUT2D eigenvalue weighted by molar-refractivity contribution is 6.37. The van der Waals surface area contributed by atoms with Crippen molar-refractivity contribution in [3.05, 3.63) is 39.9 Å². The van der Waals surface area contributed by atoms with Crippen LogP contribution in [0, 0.1) is 5.92 Å². The van der Waals surface area contributed by atoms with Crippen LogP contribution in [-0.2, 0) is 14.4 Å². The van der Waals surface area contributed by atoms with Crippen LogP contribution >= 0.6 is 23.2 Å². The van der Waals surface area contributed by atoms with E-state index < -0.39 is 12.0 Å². The van der Waals surface area contributed by atoms with Crippen LogP contribution < -0.4 is 5.32 Å². The Morgan fingerprint density at radius 2 is 1.81 bits per heavy atom. The molecule has 1 atom stereocenters. The lowest BCUT2D eigenvalue weighted by Gasteiger charge is -2.31. The fourth-order valence-electron chi connectivity index (χ4n) is 2.69. The summed E-state index contributed by atoms with van der Waals surface area (Å²) < 4.78 is 0. The molecule has 0 spiro atoms. The van der Waals surface area contributed by atoms with Crippen molar-refractivity contribution in [2.45, 2.75) is 25.8 Å². The number of hydrogen-bond acceptors (Lipinski definition) is 3. The normalized spacial score (nSPS) is 16.5. The van der Waals surface area contributed by atoms with E-state index in [9.17, 15) is 14.4 Å². The van der Waals surface area contributed by atoms with Gasteiger partial charge in [-0.25, -0.2) is 0 Å². The van der Waals surface area contributed by atoms with Crippen molar-refractivity contribution < 1.29 is 19.5 Å². The van der Waals surface area contributed by atoms with Gasteiger partial charge in [-0.1, -0.05) is 29.3 Å². The molecule has 6 nitrogen and oxygen atoms in total. The molecule has 2 amide bonds. The molecule has 2 rings (SSSR count). The first kappa shape index (κ1) is 20.3. The van der Waals surface area contributed by atoms with Crippen LogP contribution in [0.25, 0.3) is 6.08 Å². The highest BCUT2D eigenvalue weighted by Gasteiger charge is 2.28. The second-order valence-electron chi connectivity index (χ2n) is 6.14. The molecule has 0 radical (unpaired) electrons. The van der Waals surface area contributed by atoms with Gasteiger partial charge in [0.2, 0.25) is 11.8 Å². The summed E-state index contributed by atoms with van der Waals surface area (Å²) in [5.74, 6) is -1.83. The first-order valence-corrected chi connectivity index (χ1v) is 8.99. The Labute approximate surface area is 161 Å². The van der Waals surface area contributed by atoms with Crippen LogP contribution in [0.2, 0.25) is 10.0 Å². The molecule has 0 aliphatic carbocycles. The summed E-state index contributed by atoms with van der Waals surface area (Å²) in [6, 6.07) is 4.19. The Hall–Kier alpha value is -2.05. The van der Waals surface area contributed by atoms with Gasteiger partial charge >= 0.3 is 5.97 Å². The van der Waals surface area contributed by atoms with Crippen molar-refractivity contribution in [1.29, 1.82) is 0 Å². The quantitative estimate of drug-likeness (QED) is 0.746. The number of carboxylic acids is 1. The van der Waals surface area contributed by atoms with Gasteiger partial charge in [-0.3, -0.25) is 14.4 Å². The summed E-state index contributed by atoms with van der Waals surface area (Å²) in [5, 5.41) is 12.2. The van der Waals surface area contributed by atoms with Gasteiger partial charge in [0.15, 0.2) is 0 Å². The molecule has 8 heteroatoms. The SMILES string of the molecule is CC(NC(=O)C1CCN(C(=O)C=Cc2c(Cl)cccc2Cl)CC1)C(=O)O. The number of nitrogens with one attached hydrogen (secondary N) is 1. The molecule has 140 valence electrons. The van der Waals surface area contributed by atoms with E-state index in [-0.39, 0.29) is 17.7 Å². The Kier molecular flexibility index (Phi) is 7.06. The van der Waals surface area contributed by atoms with Crippen molar-refractivity contribution >= 4 is 47.1 Å². The first-order chi connectivity index (χ1) is 12.3. The van der Waals surface area contributed by atoms with E-state index in [1.165, 1.54) is 13.0 Å². The lowest BCUT2D eigenvalue weighted by Crippen LogP contribution is -2.46. The molecule has 1 aliphatic heterocycles. The molecule has 2 N–H and O–H groups in total. The maximum Gasteiger partial charge on any atom is 0.325 e. The minimum atomic E-state index is -1.07. The highest BCUT2D eigenvalue weighted by atomic mass is 35.5. The number of benzene rings is 1. The minimum Gasteiger partial charge on any atom is -0.480 e. The summed E-state index contributed by atoms with van der Waals surface area (Å²) in [5.41, 5.74) is 0.584. The van der Waals surface area contributed by atoms with Crippen LogP contribution in [0.4, 0.5) is 0 Å². The van der Waals surface area contributed by atoms with E-state index in [0.29, 0.717) is 41.5 Å². The molecular formula is C18H20Cl2N2O4. The second kappa shape index (κ2) is 9.05. The lowest BCUT2D eigenvalue weighted by atomic mass is 9.95. The van der Waals surface area contributed by atoms with Crippen molar-refractivity contribution in [1.82, 2.24) is 10.2 Å². The zero-order valence-corrected chi connectivity index (χ0v) is 15.8. The van der Waals surface area contributed by atoms with Gasteiger partial charge in [-0.15, -0.1) is 0 Å². The fourth-order valence-corrected chi connectivity index (χ4v) is 3.21. The molecule has 1 aliphatic rings. The van der Waals surface area contributed by atoms with Gasteiger partial charge in [0.1, 0.15) is 6.04 Å². The van der Waals surface area contributed by atoms with Gasteiger partial charge in [0.05, 0.1) is 0 Å². The van der Waals surface area contributed by atoms with Crippen LogP contribution in [0.15, 0.2) is 24.3 Å². The van der Waals surface area contributed by atoms with Gasteiger partial charge in [-0.2, -0.15) is 0 Å². The molecule has 0 bridgehead atoms. The zero-order valence-electron chi connectivity index (χ0n) is 14.2. The number of aliphatic carboxylic acids is 1. The number of rotatable bonds is 5. The third-order valence-electron chi connectivity index (χ3n) is 4.30. The molecule has 26 heavy (non-hydrogen) atoms. The van der Waals surface area contributed by atoms with Crippen LogP contribution in [0.1, 0.15) is 25.3 Å². The number of carboxylic acid groups (broad SMARTS) is 1. The maximum atomic E-state index is 12.3. The van der Waals surface area contributed by atoms with Crippen molar-refractivity contribution in [2.75, 3.05) is 13.1 Å². The largest absolute Gasteiger partial charge is 0.480 e. The zero-order chi connectivity index (χ0) is 19.3. The third-order valence-corrected chi connectivity index (χ3v) is 4.96. The maximum absolute atomic E-state index is 12.3. The number of amides is 2. The number of hydrogen-bond donors (Lipinski definition) is 2. The Bertz CT molecular complexity index is 708. The van der Waals surface area contributed by atoms with Gasteiger partial charge in [0.25, 0.3) is 0 Å². The van der Waals surface area contributed by atoms with Crippen LogP contribution in [0.5, 0.6) is 0 Å². The number of halogens is 2. The summed E-state index contributed by atoms with van der Waals surface area (Å²) in [4.78, 5) is 36.8. The predicted octanol–water partition coefficient (Wildman–Crippen LogP) is 2.83. The topological polar surface area (TPSA) is 86.7 Å². The van der Waals surface area contributed by atoms with Gasteiger partial charge in [-0.05, 0) is 38.0 Å². The van der Waals surface area contributed by atoms with Crippen molar-refractivity contribution in [2.24, 2.45) is 5.92 Å². The van der Waals surface area contributed by atoms with Gasteiger partial charge in [0, 0.05) is 40.7 Å². The molecular weight excluding hydrogens is 379 g/mol. The Morgan fingerprint density at radius 1 is 1.23 bits per heavy atom. The van der Waals surface area contributed by atoms with Crippen molar-refractivity contribution in [3.8, 4) is 0 Å². The Balaban J connectivity index is 1.89. The molecule has 1 heterocycles. The first-order valence-electron chi connectivity index (χ1n) is 8.23. The molecule has 1 unspecified atom stereocenters. The summed E-state index contributed by atoms with van der Waals surface area (Å²) in [7, 11) is 0. The average molecular weight is 399 g/mol. The van der Waals surface area contributed by atoms with E-state index in [2.05, 4.69) is 5.32 Å². The lowest BCUT2D eigenvalue weighted by molar-refractivity contribution is -0.142. The van der Waals surface area contributed by atoms with E-state index in [0.717, 1.165) is 0 Å². The molecule has 1 saturated heterocycles. The summed E-state index contributed by atoms with van der Waals surface area (Å²) in [6.45, 7) is 2.28. The number of carbonyl (C=O) groups excluding carboxylic acids is 2. The van der Waals surface area contributed by atoms with E-state index in [4.69, 9.17) is 28.3 Å². The highest BCUT2D eigenvalue weighted by Crippen LogP contribution is 2.25. The number of nitrogens with zero attached hydrogens (tertiary/aromatic N) is 1. The van der Waals surface area contributed by atoms with Crippen molar-refractivity contribution in [3.63, 3.8) is 0 Å². The molecule has 0 saturated carbocycles.